The molecule has 0 saturated heterocycles. The molecule has 2 rings (SSSR count). The summed E-state index contributed by atoms with van der Waals surface area (Å²) in [7, 11) is 0. The van der Waals surface area contributed by atoms with Gasteiger partial charge in [0.05, 0.1) is 11.9 Å². The van der Waals surface area contributed by atoms with Crippen LogP contribution < -0.4 is 16.2 Å². The van der Waals surface area contributed by atoms with Crippen LogP contribution in [-0.4, -0.2) is 34.1 Å². The second-order valence-corrected chi connectivity index (χ2v) is 4.07. The van der Waals surface area contributed by atoms with Gasteiger partial charge in [-0.1, -0.05) is 5.21 Å². The van der Waals surface area contributed by atoms with Crippen molar-refractivity contribution in [3.63, 3.8) is 0 Å². The topological polar surface area (TPSA) is 88.9 Å². The summed E-state index contributed by atoms with van der Waals surface area (Å²) in [5.74, 6) is -0.505. The van der Waals surface area contributed by atoms with Gasteiger partial charge >= 0.3 is 6.03 Å². The van der Waals surface area contributed by atoms with Crippen molar-refractivity contribution in [1.82, 2.24) is 25.6 Å². The lowest BCUT2D eigenvalue weighted by Gasteiger charge is -2.07. The predicted molar refractivity (Wildman–Crippen MR) is 70.8 cm³/mol. The van der Waals surface area contributed by atoms with Gasteiger partial charge in [-0.05, 0) is 25.1 Å². The fourth-order valence-corrected chi connectivity index (χ4v) is 1.69. The van der Waals surface area contributed by atoms with Crippen molar-refractivity contribution in [1.29, 1.82) is 0 Å². The number of benzene rings is 1. The highest BCUT2D eigenvalue weighted by molar-refractivity contribution is 5.76. The molecule has 1 aromatic heterocycles. The summed E-state index contributed by atoms with van der Waals surface area (Å²) in [6, 6.07) is 3.42. The monoisotopic (exact) mass is 279 g/mol. The molecule has 0 fully saturated rings. The molecular formula is C12H14FN5O2. The molecule has 1 aromatic carbocycles. The second-order valence-electron chi connectivity index (χ2n) is 4.07. The van der Waals surface area contributed by atoms with E-state index in [1.807, 2.05) is 0 Å². The number of nitrogens with one attached hydrogen (secondary N) is 2. The van der Waals surface area contributed by atoms with E-state index in [9.17, 15) is 14.0 Å². The largest absolute Gasteiger partial charge is 0.338 e. The minimum Gasteiger partial charge on any atom is -0.338 e. The van der Waals surface area contributed by atoms with Gasteiger partial charge in [-0.3, -0.25) is 4.79 Å². The number of carbonyl (C=O) groups excluding carboxylic acids is 1. The minimum absolute atomic E-state index is 0.162. The zero-order valence-corrected chi connectivity index (χ0v) is 10.9. The van der Waals surface area contributed by atoms with Crippen LogP contribution in [0.3, 0.4) is 0 Å². The van der Waals surface area contributed by atoms with Gasteiger partial charge in [0, 0.05) is 13.1 Å². The van der Waals surface area contributed by atoms with Gasteiger partial charge in [-0.2, -0.15) is 0 Å². The summed E-state index contributed by atoms with van der Waals surface area (Å²) in [5.41, 5.74) is -0.100. The van der Waals surface area contributed by atoms with Crippen molar-refractivity contribution in [2.45, 2.75) is 13.5 Å². The smallest absolute Gasteiger partial charge is 0.314 e. The number of fused-ring (bicyclic) bond motifs is 1. The molecule has 7 nitrogen and oxygen atoms in total. The number of amides is 2. The number of halogens is 1. The molecule has 2 aromatic rings. The van der Waals surface area contributed by atoms with Crippen LogP contribution in [-0.2, 0) is 6.54 Å². The first kappa shape index (κ1) is 13.9. The van der Waals surface area contributed by atoms with Crippen molar-refractivity contribution < 1.29 is 9.18 Å². The number of carbonyl (C=O) groups is 1. The SMILES string of the molecule is CCNC(=O)NCCn1nnc2ccc(F)cc2c1=O. The lowest BCUT2D eigenvalue weighted by atomic mass is 10.2. The van der Waals surface area contributed by atoms with E-state index in [0.29, 0.717) is 12.1 Å². The van der Waals surface area contributed by atoms with E-state index in [1.54, 1.807) is 6.92 Å². The molecule has 0 aliphatic heterocycles. The quantitative estimate of drug-likeness (QED) is 0.839. The summed E-state index contributed by atoms with van der Waals surface area (Å²) in [6.45, 7) is 2.70. The molecule has 20 heavy (non-hydrogen) atoms. The average molecular weight is 279 g/mol. The second kappa shape index (κ2) is 6.09. The van der Waals surface area contributed by atoms with Crippen LogP contribution in [0.1, 0.15) is 6.92 Å². The third kappa shape index (κ3) is 3.08. The van der Waals surface area contributed by atoms with Gasteiger partial charge in [0.15, 0.2) is 0 Å². The van der Waals surface area contributed by atoms with E-state index < -0.39 is 11.4 Å². The molecule has 0 unspecified atom stereocenters. The molecule has 106 valence electrons. The van der Waals surface area contributed by atoms with E-state index in [2.05, 4.69) is 20.9 Å². The third-order valence-electron chi connectivity index (χ3n) is 2.63. The molecule has 0 atom stereocenters. The van der Waals surface area contributed by atoms with Crippen molar-refractivity contribution in [3.05, 3.63) is 34.4 Å². The highest BCUT2D eigenvalue weighted by Crippen LogP contribution is 2.07. The van der Waals surface area contributed by atoms with Crippen molar-refractivity contribution in [2.75, 3.05) is 13.1 Å². The Labute approximate surface area is 113 Å². The van der Waals surface area contributed by atoms with E-state index in [4.69, 9.17) is 0 Å². The Morgan fingerprint density at radius 3 is 2.95 bits per heavy atom. The Hall–Kier alpha value is -2.51. The van der Waals surface area contributed by atoms with Gasteiger partial charge in [0.2, 0.25) is 0 Å². The number of hydrogen-bond acceptors (Lipinski definition) is 4. The summed E-state index contributed by atoms with van der Waals surface area (Å²) >= 11 is 0. The van der Waals surface area contributed by atoms with Gasteiger partial charge in [-0.15, -0.1) is 5.10 Å². The number of aromatic nitrogens is 3. The first-order valence-corrected chi connectivity index (χ1v) is 6.16. The molecule has 1 heterocycles. The lowest BCUT2D eigenvalue weighted by Crippen LogP contribution is -2.38. The summed E-state index contributed by atoms with van der Waals surface area (Å²) in [6.07, 6.45) is 0. The molecule has 8 heteroatoms. The number of hydrogen-bond donors (Lipinski definition) is 2. The molecule has 0 saturated carbocycles. The van der Waals surface area contributed by atoms with Crippen LogP contribution in [0.5, 0.6) is 0 Å². The maximum absolute atomic E-state index is 13.1. The Bertz CT molecular complexity index is 685. The molecule has 0 aliphatic carbocycles. The maximum Gasteiger partial charge on any atom is 0.314 e. The van der Waals surface area contributed by atoms with Crippen LogP contribution >= 0.6 is 0 Å². The minimum atomic E-state index is -0.505. The fourth-order valence-electron chi connectivity index (χ4n) is 1.69. The standard InChI is InChI=1S/C12H14FN5O2/c1-2-14-12(20)15-5-6-18-11(19)9-7-8(13)3-4-10(9)16-17-18/h3-4,7H,2,5-6H2,1H3,(H2,14,15,20). The molecule has 2 N–H and O–H groups in total. The van der Waals surface area contributed by atoms with Crippen LogP contribution in [0.4, 0.5) is 9.18 Å². The van der Waals surface area contributed by atoms with E-state index in [0.717, 1.165) is 10.7 Å². The summed E-state index contributed by atoms with van der Waals surface area (Å²) < 4.78 is 14.2. The van der Waals surface area contributed by atoms with Crippen molar-refractivity contribution >= 4 is 16.9 Å². The van der Waals surface area contributed by atoms with E-state index in [-0.39, 0.29) is 24.5 Å². The highest BCUT2D eigenvalue weighted by atomic mass is 19.1. The Morgan fingerprint density at radius 1 is 1.40 bits per heavy atom. The first-order valence-electron chi connectivity index (χ1n) is 6.16. The maximum atomic E-state index is 13.1. The van der Waals surface area contributed by atoms with Crippen LogP contribution in [0.15, 0.2) is 23.0 Å². The van der Waals surface area contributed by atoms with Crippen molar-refractivity contribution in [2.24, 2.45) is 0 Å². The van der Waals surface area contributed by atoms with E-state index >= 15 is 0 Å². The van der Waals surface area contributed by atoms with Crippen LogP contribution in [0.2, 0.25) is 0 Å². The number of urea groups is 1. The molecule has 0 radical (unpaired) electrons. The summed E-state index contributed by atoms with van der Waals surface area (Å²) in [4.78, 5) is 23.2. The van der Waals surface area contributed by atoms with Gasteiger partial charge < -0.3 is 10.6 Å². The predicted octanol–water partition coefficient (Wildman–Crippen LogP) is 0.250. The zero-order chi connectivity index (χ0) is 14.5. The Kier molecular flexibility index (Phi) is 4.24. The highest BCUT2D eigenvalue weighted by Gasteiger charge is 2.07. The molecule has 0 spiro atoms. The van der Waals surface area contributed by atoms with Crippen LogP contribution in [0, 0.1) is 5.82 Å². The zero-order valence-electron chi connectivity index (χ0n) is 10.9. The van der Waals surface area contributed by atoms with Crippen LogP contribution in [0.25, 0.3) is 10.9 Å². The first-order chi connectivity index (χ1) is 9.61. The van der Waals surface area contributed by atoms with Crippen molar-refractivity contribution in [3.8, 4) is 0 Å². The molecule has 2 amide bonds. The van der Waals surface area contributed by atoms with Gasteiger partial charge in [0.1, 0.15) is 11.3 Å². The normalized spacial score (nSPS) is 10.5. The number of nitrogens with zero attached hydrogens (tertiary/aromatic N) is 3. The third-order valence-corrected chi connectivity index (χ3v) is 2.63. The Morgan fingerprint density at radius 2 is 2.20 bits per heavy atom. The lowest BCUT2D eigenvalue weighted by molar-refractivity contribution is 0.240. The van der Waals surface area contributed by atoms with Gasteiger partial charge in [-0.25, -0.2) is 13.9 Å². The molecule has 0 aliphatic rings. The average Bonchev–Trinajstić information content (AvgIpc) is 2.42. The molecular weight excluding hydrogens is 265 g/mol. The van der Waals surface area contributed by atoms with Gasteiger partial charge in [0.25, 0.3) is 5.56 Å². The summed E-state index contributed by atoms with van der Waals surface area (Å²) in [5, 5.41) is 12.9. The Balaban J connectivity index is 2.13. The van der Waals surface area contributed by atoms with E-state index in [1.165, 1.54) is 12.1 Å². The number of rotatable bonds is 4. The fraction of sp³-hybridized carbons (Fsp3) is 0.333. The molecule has 0 bridgehead atoms.